The predicted molar refractivity (Wildman–Crippen MR) is 39.5 cm³/mol. The largest absolute Gasteiger partial charge is 0.481 e. The van der Waals surface area contributed by atoms with Crippen molar-refractivity contribution >= 4 is 5.97 Å². The van der Waals surface area contributed by atoms with Gasteiger partial charge in [-0.3, -0.25) is 4.79 Å². The van der Waals surface area contributed by atoms with Crippen molar-refractivity contribution in [3.8, 4) is 0 Å². The van der Waals surface area contributed by atoms with E-state index in [0.29, 0.717) is 6.61 Å². The Hall–Kier alpha value is -0.610. The number of carboxylic acid groups (broad SMARTS) is 1. The van der Waals surface area contributed by atoms with Crippen molar-refractivity contribution in [3.05, 3.63) is 0 Å². The molecular formula is C7H13NO3. The zero-order valence-corrected chi connectivity index (χ0v) is 6.38. The van der Waals surface area contributed by atoms with E-state index in [-0.39, 0.29) is 12.5 Å². The number of aliphatic carboxylic acids is 1. The number of ether oxygens (including phenoxy) is 1. The molecule has 0 amide bonds. The molecule has 0 aromatic rings. The van der Waals surface area contributed by atoms with Crippen molar-refractivity contribution in [2.45, 2.75) is 18.9 Å². The van der Waals surface area contributed by atoms with Gasteiger partial charge in [0.25, 0.3) is 0 Å². The second-order valence-corrected chi connectivity index (χ2v) is 2.63. The maximum atomic E-state index is 10.3. The minimum atomic E-state index is -0.781. The van der Waals surface area contributed by atoms with Gasteiger partial charge in [0.15, 0.2) is 0 Å². The molecule has 1 aliphatic rings. The third-order valence-electron chi connectivity index (χ3n) is 1.68. The standard InChI is InChI=1S/C7H13NO3/c9-7(10)5-6-1-2-8-3-4-11-6/h6,8H,1-5H2,(H,9,10)/t6-/m0/s1. The lowest BCUT2D eigenvalue weighted by atomic mass is 10.2. The fraction of sp³-hybridized carbons (Fsp3) is 0.857. The highest BCUT2D eigenvalue weighted by molar-refractivity contribution is 5.67. The summed E-state index contributed by atoms with van der Waals surface area (Å²) in [7, 11) is 0. The summed E-state index contributed by atoms with van der Waals surface area (Å²) in [4.78, 5) is 10.3. The number of hydrogen-bond acceptors (Lipinski definition) is 3. The molecule has 4 nitrogen and oxygen atoms in total. The Kier molecular flexibility index (Phi) is 3.32. The molecule has 4 heteroatoms. The molecule has 1 saturated heterocycles. The second-order valence-electron chi connectivity index (χ2n) is 2.63. The molecule has 2 N–H and O–H groups in total. The molecule has 1 aliphatic heterocycles. The highest BCUT2D eigenvalue weighted by Crippen LogP contribution is 2.05. The summed E-state index contributed by atoms with van der Waals surface area (Å²) in [6, 6.07) is 0. The van der Waals surface area contributed by atoms with Gasteiger partial charge in [-0.2, -0.15) is 0 Å². The average Bonchev–Trinajstić information content (AvgIpc) is 2.14. The van der Waals surface area contributed by atoms with Crippen molar-refractivity contribution in [2.75, 3.05) is 19.7 Å². The van der Waals surface area contributed by atoms with Crippen LogP contribution in [0, 0.1) is 0 Å². The van der Waals surface area contributed by atoms with Crippen molar-refractivity contribution in [1.29, 1.82) is 0 Å². The van der Waals surface area contributed by atoms with Crippen molar-refractivity contribution in [3.63, 3.8) is 0 Å². The van der Waals surface area contributed by atoms with E-state index in [0.717, 1.165) is 19.5 Å². The van der Waals surface area contributed by atoms with E-state index in [2.05, 4.69) is 5.32 Å². The van der Waals surface area contributed by atoms with Gasteiger partial charge in [0.1, 0.15) is 0 Å². The summed E-state index contributed by atoms with van der Waals surface area (Å²) < 4.78 is 5.27. The summed E-state index contributed by atoms with van der Waals surface area (Å²) in [5.74, 6) is -0.781. The van der Waals surface area contributed by atoms with Crippen LogP contribution in [0.25, 0.3) is 0 Å². The zero-order chi connectivity index (χ0) is 8.10. The maximum absolute atomic E-state index is 10.3. The Bertz CT molecular complexity index is 130. The van der Waals surface area contributed by atoms with Gasteiger partial charge in [0.2, 0.25) is 0 Å². The summed E-state index contributed by atoms with van der Waals surface area (Å²) in [5, 5.41) is 11.6. The van der Waals surface area contributed by atoms with Crippen LogP contribution >= 0.6 is 0 Å². The van der Waals surface area contributed by atoms with E-state index in [1.165, 1.54) is 0 Å². The van der Waals surface area contributed by atoms with Crippen LogP contribution in [0.2, 0.25) is 0 Å². The van der Waals surface area contributed by atoms with Gasteiger partial charge in [0, 0.05) is 6.54 Å². The quantitative estimate of drug-likeness (QED) is 0.587. The molecule has 64 valence electrons. The lowest BCUT2D eigenvalue weighted by Crippen LogP contribution is -2.18. The van der Waals surface area contributed by atoms with Gasteiger partial charge in [-0.15, -0.1) is 0 Å². The number of carbonyl (C=O) groups is 1. The third kappa shape index (κ3) is 3.34. The zero-order valence-electron chi connectivity index (χ0n) is 6.38. The number of rotatable bonds is 2. The van der Waals surface area contributed by atoms with E-state index in [1.54, 1.807) is 0 Å². The first kappa shape index (κ1) is 8.49. The monoisotopic (exact) mass is 159 g/mol. The molecular weight excluding hydrogens is 146 g/mol. The fourth-order valence-electron chi connectivity index (χ4n) is 1.12. The van der Waals surface area contributed by atoms with Gasteiger partial charge in [0.05, 0.1) is 19.1 Å². The van der Waals surface area contributed by atoms with Gasteiger partial charge < -0.3 is 15.2 Å². The van der Waals surface area contributed by atoms with Crippen molar-refractivity contribution in [1.82, 2.24) is 5.32 Å². The Morgan fingerprint density at radius 1 is 1.64 bits per heavy atom. The summed E-state index contributed by atoms with van der Waals surface area (Å²) >= 11 is 0. The van der Waals surface area contributed by atoms with Crippen molar-refractivity contribution < 1.29 is 14.6 Å². The molecule has 11 heavy (non-hydrogen) atoms. The Balaban J connectivity index is 2.25. The Labute approximate surface area is 65.5 Å². The minimum Gasteiger partial charge on any atom is -0.481 e. The Morgan fingerprint density at radius 3 is 3.18 bits per heavy atom. The molecule has 1 rings (SSSR count). The van der Waals surface area contributed by atoms with E-state index in [9.17, 15) is 4.79 Å². The van der Waals surface area contributed by atoms with Crippen LogP contribution in [-0.4, -0.2) is 36.9 Å². The van der Waals surface area contributed by atoms with Gasteiger partial charge in [-0.05, 0) is 13.0 Å². The topological polar surface area (TPSA) is 58.6 Å². The molecule has 0 saturated carbocycles. The van der Waals surface area contributed by atoms with Gasteiger partial charge in [-0.1, -0.05) is 0 Å². The molecule has 0 aliphatic carbocycles. The summed E-state index contributed by atoms with van der Waals surface area (Å²) in [5.41, 5.74) is 0. The highest BCUT2D eigenvalue weighted by atomic mass is 16.5. The molecule has 1 atom stereocenters. The summed E-state index contributed by atoms with van der Waals surface area (Å²) in [6.45, 7) is 2.31. The minimum absolute atomic E-state index is 0.0949. The molecule has 0 aromatic heterocycles. The van der Waals surface area contributed by atoms with Crippen LogP contribution in [0.1, 0.15) is 12.8 Å². The number of nitrogens with one attached hydrogen (secondary N) is 1. The second kappa shape index (κ2) is 4.31. The van der Waals surface area contributed by atoms with Crippen molar-refractivity contribution in [2.24, 2.45) is 0 Å². The SMILES string of the molecule is O=C(O)C[C@@H]1CCNCCO1. The van der Waals surface area contributed by atoms with E-state index in [4.69, 9.17) is 9.84 Å². The molecule has 0 unspecified atom stereocenters. The predicted octanol–water partition coefficient (Wildman–Crippen LogP) is -0.160. The first-order chi connectivity index (χ1) is 5.29. The normalized spacial score (nSPS) is 26.0. The molecule has 0 aromatic carbocycles. The Morgan fingerprint density at radius 2 is 2.45 bits per heavy atom. The van der Waals surface area contributed by atoms with E-state index < -0.39 is 5.97 Å². The molecule has 1 heterocycles. The first-order valence-corrected chi connectivity index (χ1v) is 3.83. The van der Waals surface area contributed by atoms with Crippen LogP contribution in [0.4, 0.5) is 0 Å². The average molecular weight is 159 g/mol. The van der Waals surface area contributed by atoms with E-state index >= 15 is 0 Å². The molecule has 0 spiro atoms. The third-order valence-corrected chi connectivity index (χ3v) is 1.68. The fourth-order valence-corrected chi connectivity index (χ4v) is 1.12. The first-order valence-electron chi connectivity index (χ1n) is 3.83. The molecule has 0 bridgehead atoms. The van der Waals surface area contributed by atoms with E-state index in [1.807, 2.05) is 0 Å². The van der Waals surface area contributed by atoms with Crippen LogP contribution < -0.4 is 5.32 Å². The highest BCUT2D eigenvalue weighted by Gasteiger charge is 2.14. The smallest absolute Gasteiger partial charge is 0.305 e. The summed E-state index contributed by atoms with van der Waals surface area (Å²) in [6.07, 6.45) is 0.830. The maximum Gasteiger partial charge on any atom is 0.305 e. The lowest BCUT2D eigenvalue weighted by molar-refractivity contribution is -0.140. The molecule has 1 fully saturated rings. The number of hydrogen-bond donors (Lipinski definition) is 2. The molecule has 0 radical (unpaired) electrons. The van der Waals surface area contributed by atoms with Gasteiger partial charge in [-0.25, -0.2) is 0 Å². The lowest BCUT2D eigenvalue weighted by Gasteiger charge is -2.10. The van der Waals surface area contributed by atoms with Crippen LogP contribution in [-0.2, 0) is 9.53 Å². The van der Waals surface area contributed by atoms with Gasteiger partial charge >= 0.3 is 5.97 Å². The van der Waals surface area contributed by atoms with Crippen LogP contribution in [0.5, 0.6) is 0 Å². The van der Waals surface area contributed by atoms with Crippen LogP contribution in [0.3, 0.4) is 0 Å². The van der Waals surface area contributed by atoms with Crippen LogP contribution in [0.15, 0.2) is 0 Å². The number of carboxylic acids is 1.